The number of hydrogen-bond acceptors (Lipinski definition) is 4. The summed E-state index contributed by atoms with van der Waals surface area (Å²) in [6.45, 7) is 6.42. The first-order valence-corrected chi connectivity index (χ1v) is 8.24. The minimum absolute atomic E-state index is 0.266. The third-order valence-electron chi connectivity index (χ3n) is 4.30. The summed E-state index contributed by atoms with van der Waals surface area (Å²) in [5.74, 6) is 1.58. The summed E-state index contributed by atoms with van der Waals surface area (Å²) in [6.07, 6.45) is 3.62. The number of carbonyl (C=O) groups is 1. The van der Waals surface area contributed by atoms with Crippen LogP contribution < -0.4 is 5.32 Å². The average molecular weight is 269 g/mol. The van der Waals surface area contributed by atoms with Crippen molar-refractivity contribution in [1.29, 1.82) is 0 Å². The number of thioether (sulfide) groups is 1. The van der Waals surface area contributed by atoms with Crippen molar-refractivity contribution in [3.8, 4) is 0 Å². The van der Waals surface area contributed by atoms with Crippen LogP contribution in [0.5, 0.6) is 0 Å². The van der Waals surface area contributed by atoms with Crippen molar-refractivity contribution in [3.63, 3.8) is 0 Å². The van der Waals surface area contributed by atoms with Gasteiger partial charge in [-0.2, -0.15) is 0 Å². The molecule has 0 aromatic rings. The van der Waals surface area contributed by atoms with E-state index < -0.39 is 0 Å². The number of nitrogens with zero attached hydrogens (tertiary/aromatic N) is 2. The van der Waals surface area contributed by atoms with E-state index in [0.29, 0.717) is 11.9 Å². The van der Waals surface area contributed by atoms with Crippen LogP contribution >= 0.6 is 11.8 Å². The molecule has 0 aliphatic carbocycles. The summed E-state index contributed by atoms with van der Waals surface area (Å²) in [5.41, 5.74) is 0. The first-order valence-electron chi connectivity index (χ1n) is 7.20. The van der Waals surface area contributed by atoms with Crippen molar-refractivity contribution < 1.29 is 4.79 Å². The molecule has 102 valence electrons. The van der Waals surface area contributed by atoms with Crippen LogP contribution in [0.15, 0.2) is 0 Å². The number of carbonyl (C=O) groups excluding carboxylic acids is 1. The molecule has 3 aliphatic heterocycles. The fourth-order valence-electron chi connectivity index (χ4n) is 3.05. The fraction of sp³-hybridized carbons (Fsp3) is 0.923. The molecule has 0 bridgehead atoms. The van der Waals surface area contributed by atoms with Crippen molar-refractivity contribution in [2.24, 2.45) is 0 Å². The second-order valence-corrected chi connectivity index (χ2v) is 6.85. The molecule has 0 aromatic carbocycles. The number of hydrogen-bond donors (Lipinski definition) is 1. The van der Waals surface area contributed by atoms with E-state index in [9.17, 15) is 4.79 Å². The molecule has 5 heteroatoms. The molecule has 0 spiro atoms. The molecule has 4 nitrogen and oxygen atoms in total. The smallest absolute Gasteiger partial charge is 0.235 e. The van der Waals surface area contributed by atoms with Crippen molar-refractivity contribution in [2.45, 2.75) is 30.6 Å². The second-order valence-electron chi connectivity index (χ2n) is 5.54. The monoisotopic (exact) mass is 269 g/mol. The molecule has 1 N–H and O–H groups in total. The summed E-state index contributed by atoms with van der Waals surface area (Å²) in [6, 6.07) is 0.629. The van der Waals surface area contributed by atoms with Crippen molar-refractivity contribution in [1.82, 2.24) is 15.1 Å². The molecule has 0 saturated carbocycles. The number of amides is 1. The maximum absolute atomic E-state index is 12.3. The van der Waals surface area contributed by atoms with Crippen LogP contribution in [0.25, 0.3) is 0 Å². The van der Waals surface area contributed by atoms with Gasteiger partial charge in [-0.3, -0.25) is 9.69 Å². The van der Waals surface area contributed by atoms with Crippen LogP contribution in [-0.2, 0) is 4.79 Å². The fourth-order valence-corrected chi connectivity index (χ4v) is 4.33. The Labute approximate surface area is 113 Å². The zero-order chi connectivity index (χ0) is 12.4. The lowest BCUT2D eigenvalue weighted by atomic mass is 10.0. The number of likely N-dealkylation sites (tertiary alicyclic amines) is 1. The Morgan fingerprint density at radius 1 is 1.17 bits per heavy atom. The molecule has 1 unspecified atom stereocenters. The molecule has 0 radical (unpaired) electrons. The Morgan fingerprint density at radius 3 is 2.61 bits per heavy atom. The van der Waals surface area contributed by atoms with Crippen molar-refractivity contribution in [3.05, 3.63) is 0 Å². The highest BCUT2D eigenvalue weighted by Crippen LogP contribution is 2.28. The van der Waals surface area contributed by atoms with E-state index in [1.54, 1.807) is 0 Å². The van der Waals surface area contributed by atoms with E-state index in [-0.39, 0.29) is 5.25 Å². The number of rotatable bonds is 2. The van der Waals surface area contributed by atoms with E-state index in [2.05, 4.69) is 15.1 Å². The molecule has 3 aliphatic rings. The number of piperazine rings is 1. The van der Waals surface area contributed by atoms with Crippen molar-refractivity contribution in [2.75, 3.05) is 45.0 Å². The van der Waals surface area contributed by atoms with Crippen molar-refractivity contribution >= 4 is 17.7 Å². The van der Waals surface area contributed by atoms with Gasteiger partial charge in [0.2, 0.25) is 5.91 Å². The average Bonchev–Trinajstić information content (AvgIpc) is 2.39. The zero-order valence-corrected chi connectivity index (χ0v) is 11.8. The molecular weight excluding hydrogens is 246 g/mol. The van der Waals surface area contributed by atoms with Gasteiger partial charge in [-0.1, -0.05) is 6.42 Å². The molecule has 18 heavy (non-hydrogen) atoms. The summed E-state index contributed by atoms with van der Waals surface area (Å²) in [5, 5.41) is 3.64. The van der Waals surface area contributed by atoms with Crippen LogP contribution in [-0.4, -0.2) is 72.0 Å². The third kappa shape index (κ3) is 2.68. The lowest BCUT2D eigenvalue weighted by Crippen LogP contribution is -2.65. The standard InChI is InChI=1S/C13H23N3OS/c17-13(12-3-1-2-8-18-12)16-9-11(10-16)15-6-4-14-5-7-15/h11-12,14H,1-10H2. The summed E-state index contributed by atoms with van der Waals surface area (Å²) >= 11 is 1.87. The molecule has 3 fully saturated rings. The van der Waals surface area contributed by atoms with E-state index in [0.717, 1.165) is 45.7 Å². The van der Waals surface area contributed by atoms with Gasteiger partial charge in [0.15, 0.2) is 0 Å². The van der Waals surface area contributed by atoms with Gasteiger partial charge in [0.05, 0.1) is 5.25 Å². The lowest BCUT2D eigenvalue weighted by molar-refractivity contribution is -0.138. The van der Waals surface area contributed by atoms with Crippen LogP contribution in [0.3, 0.4) is 0 Å². The van der Waals surface area contributed by atoms with Gasteiger partial charge in [-0.05, 0) is 18.6 Å². The highest BCUT2D eigenvalue weighted by Gasteiger charge is 2.38. The predicted molar refractivity (Wildman–Crippen MR) is 74.9 cm³/mol. The molecule has 0 aromatic heterocycles. The minimum atomic E-state index is 0.266. The van der Waals surface area contributed by atoms with E-state index in [1.165, 1.54) is 18.6 Å². The number of nitrogens with one attached hydrogen (secondary N) is 1. The Kier molecular flexibility index (Phi) is 4.11. The SMILES string of the molecule is O=C(C1CCCCS1)N1CC(N2CCNCC2)C1. The highest BCUT2D eigenvalue weighted by molar-refractivity contribution is 8.00. The van der Waals surface area contributed by atoms with Gasteiger partial charge in [-0.25, -0.2) is 0 Å². The van der Waals surface area contributed by atoms with Crippen LogP contribution in [0.1, 0.15) is 19.3 Å². The molecule has 3 rings (SSSR count). The third-order valence-corrected chi connectivity index (χ3v) is 5.66. The lowest BCUT2D eigenvalue weighted by Gasteiger charge is -2.47. The first kappa shape index (κ1) is 12.8. The Bertz CT molecular complexity index is 295. The molecule has 3 heterocycles. The van der Waals surface area contributed by atoms with Gasteiger partial charge in [0, 0.05) is 45.3 Å². The summed E-state index contributed by atoms with van der Waals surface area (Å²) < 4.78 is 0. The van der Waals surface area contributed by atoms with E-state index >= 15 is 0 Å². The minimum Gasteiger partial charge on any atom is -0.338 e. The van der Waals surface area contributed by atoms with Gasteiger partial charge in [0.1, 0.15) is 0 Å². The van der Waals surface area contributed by atoms with Crippen LogP contribution in [0.4, 0.5) is 0 Å². The maximum atomic E-state index is 12.3. The second kappa shape index (κ2) is 5.80. The molecule has 3 saturated heterocycles. The molecule has 1 amide bonds. The van der Waals surface area contributed by atoms with Crippen LogP contribution in [0.2, 0.25) is 0 Å². The van der Waals surface area contributed by atoms with Gasteiger partial charge in [-0.15, -0.1) is 11.8 Å². The topological polar surface area (TPSA) is 35.6 Å². The zero-order valence-electron chi connectivity index (χ0n) is 10.9. The molecule has 1 atom stereocenters. The highest BCUT2D eigenvalue weighted by atomic mass is 32.2. The Balaban J connectivity index is 1.44. The normalized spacial score (nSPS) is 31.1. The maximum Gasteiger partial charge on any atom is 0.235 e. The quantitative estimate of drug-likeness (QED) is 0.786. The van der Waals surface area contributed by atoms with Gasteiger partial charge >= 0.3 is 0 Å². The largest absolute Gasteiger partial charge is 0.338 e. The van der Waals surface area contributed by atoms with E-state index in [4.69, 9.17) is 0 Å². The molecular formula is C13H23N3OS. The predicted octanol–water partition coefficient (Wildman–Crippen LogP) is 0.388. The van der Waals surface area contributed by atoms with Crippen LogP contribution in [0, 0.1) is 0 Å². The van der Waals surface area contributed by atoms with E-state index in [1.807, 2.05) is 11.8 Å². The summed E-state index contributed by atoms with van der Waals surface area (Å²) in [7, 11) is 0. The van der Waals surface area contributed by atoms with Gasteiger partial charge < -0.3 is 10.2 Å². The van der Waals surface area contributed by atoms with Gasteiger partial charge in [0.25, 0.3) is 0 Å². The Hall–Kier alpha value is -0.260. The summed E-state index contributed by atoms with van der Waals surface area (Å²) in [4.78, 5) is 16.9. The first-order chi connectivity index (χ1) is 8.84. The Morgan fingerprint density at radius 2 is 1.94 bits per heavy atom.